The summed E-state index contributed by atoms with van der Waals surface area (Å²) in [7, 11) is -2.03. The van der Waals surface area contributed by atoms with Gasteiger partial charge >= 0.3 is 0 Å². The second kappa shape index (κ2) is 7.36. The van der Waals surface area contributed by atoms with Gasteiger partial charge in [-0.25, -0.2) is 13.1 Å². The fourth-order valence-corrected chi connectivity index (χ4v) is 4.33. The van der Waals surface area contributed by atoms with E-state index in [9.17, 15) is 8.42 Å². The summed E-state index contributed by atoms with van der Waals surface area (Å²) in [5.74, 6) is 0.692. The Bertz CT molecular complexity index is 811. The van der Waals surface area contributed by atoms with Crippen molar-refractivity contribution in [3.05, 3.63) is 58.7 Å². The van der Waals surface area contributed by atoms with Crippen LogP contribution in [0.15, 0.2) is 41.3 Å². The van der Waals surface area contributed by atoms with E-state index >= 15 is 0 Å². The van der Waals surface area contributed by atoms with Crippen molar-refractivity contribution in [2.24, 2.45) is 0 Å². The Hall–Kier alpha value is -1.85. The monoisotopic (exact) mass is 347 g/mol. The Kier molecular flexibility index (Phi) is 5.67. The predicted octanol–water partition coefficient (Wildman–Crippen LogP) is 4.05. The second-order valence-corrected chi connectivity index (χ2v) is 7.76. The van der Waals surface area contributed by atoms with Crippen LogP contribution in [0.5, 0.6) is 5.75 Å². The van der Waals surface area contributed by atoms with E-state index in [1.807, 2.05) is 45.0 Å². The first-order valence-corrected chi connectivity index (χ1v) is 9.51. The van der Waals surface area contributed by atoms with Crippen LogP contribution >= 0.6 is 0 Å². The van der Waals surface area contributed by atoms with Gasteiger partial charge in [0.2, 0.25) is 10.0 Å². The van der Waals surface area contributed by atoms with Gasteiger partial charge in [-0.1, -0.05) is 36.8 Å². The largest absolute Gasteiger partial charge is 0.496 e. The zero-order valence-corrected chi connectivity index (χ0v) is 15.7. The van der Waals surface area contributed by atoms with Crippen LogP contribution in [-0.4, -0.2) is 15.5 Å². The van der Waals surface area contributed by atoms with Gasteiger partial charge in [-0.05, 0) is 56.0 Å². The summed E-state index contributed by atoms with van der Waals surface area (Å²) >= 11 is 0. The molecule has 1 atom stereocenters. The lowest BCUT2D eigenvalue weighted by Crippen LogP contribution is -2.29. The molecule has 0 spiro atoms. The molecule has 0 heterocycles. The summed E-state index contributed by atoms with van der Waals surface area (Å²) in [6.45, 7) is 7.61. The molecule has 0 aliphatic rings. The van der Waals surface area contributed by atoms with Crippen molar-refractivity contribution in [3.63, 3.8) is 0 Å². The van der Waals surface area contributed by atoms with Gasteiger partial charge in [0.05, 0.1) is 12.0 Å². The van der Waals surface area contributed by atoms with E-state index in [2.05, 4.69) is 4.72 Å². The number of hydrogen-bond donors (Lipinski definition) is 1. The summed E-state index contributed by atoms with van der Waals surface area (Å²) in [4.78, 5) is 0.298. The summed E-state index contributed by atoms with van der Waals surface area (Å²) < 4.78 is 33.8. The molecule has 4 nitrogen and oxygen atoms in total. The lowest BCUT2D eigenvalue weighted by Gasteiger charge is -2.19. The molecular weight excluding hydrogens is 322 g/mol. The van der Waals surface area contributed by atoms with Crippen LogP contribution in [0, 0.1) is 20.8 Å². The third-order valence-corrected chi connectivity index (χ3v) is 5.78. The molecular formula is C19H25NO3S. The topological polar surface area (TPSA) is 55.4 Å². The Balaban J connectivity index is 2.36. The lowest BCUT2D eigenvalue weighted by molar-refractivity contribution is 0.411. The molecule has 0 bridgehead atoms. The van der Waals surface area contributed by atoms with Crippen molar-refractivity contribution >= 4 is 10.0 Å². The third-order valence-electron chi connectivity index (χ3n) is 4.17. The average Bonchev–Trinajstić information content (AvgIpc) is 2.55. The first-order chi connectivity index (χ1) is 11.3. The van der Waals surface area contributed by atoms with Crippen LogP contribution in [0.2, 0.25) is 0 Å². The maximum atomic E-state index is 12.9. The Morgan fingerprint density at radius 2 is 1.67 bits per heavy atom. The van der Waals surface area contributed by atoms with Gasteiger partial charge in [-0.15, -0.1) is 0 Å². The highest BCUT2D eigenvalue weighted by molar-refractivity contribution is 7.89. The number of sulfonamides is 1. The molecule has 0 aliphatic carbocycles. The van der Waals surface area contributed by atoms with Gasteiger partial charge in [0.1, 0.15) is 5.75 Å². The fraction of sp³-hybridized carbons (Fsp3) is 0.368. The standard InChI is InChI=1S/C19H25NO3S/c1-6-17(16-9-7-13(2)8-10-16)20-24(21,22)19-12-14(3)18(23-5)11-15(19)4/h7-12,17,20H,6H2,1-5H3/t17-/m0/s1. The molecule has 0 saturated heterocycles. The van der Waals surface area contributed by atoms with Gasteiger partial charge < -0.3 is 4.74 Å². The molecule has 0 amide bonds. The summed E-state index contributed by atoms with van der Waals surface area (Å²) in [5, 5.41) is 0. The average molecular weight is 347 g/mol. The molecule has 0 unspecified atom stereocenters. The molecule has 130 valence electrons. The van der Waals surface area contributed by atoms with E-state index in [1.54, 1.807) is 26.2 Å². The molecule has 2 aromatic carbocycles. The van der Waals surface area contributed by atoms with Gasteiger partial charge in [0.25, 0.3) is 0 Å². The van der Waals surface area contributed by atoms with Crippen molar-refractivity contribution in [2.75, 3.05) is 7.11 Å². The van der Waals surface area contributed by atoms with Crippen molar-refractivity contribution in [3.8, 4) is 5.75 Å². The van der Waals surface area contributed by atoms with E-state index in [0.29, 0.717) is 22.6 Å². The number of hydrogen-bond acceptors (Lipinski definition) is 3. The minimum atomic E-state index is -3.61. The molecule has 0 fully saturated rings. The van der Waals surface area contributed by atoms with Gasteiger partial charge in [0.15, 0.2) is 0 Å². The van der Waals surface area contributed by atoms with E-state index in [4.69, 9.17) is 4.74 Å². The number of aryl methyl sites for hydroxylation is 3. The Morgan fingerprint density at radius 1 is 1.04 bits per heavy atom. The van der Waals surface area contributed by atoms with Crippen LogP contribution < -0.4 is 9.46 Å². The van der Waals surface area contributed by atoms with E-state index in [1.165, 1.54) is 0 Å². The van der Waals surface area contributed by atoms with Gasteiger partial charge in [-0.3, -0.25) is 0 Å². The highest BCUT2D eigenvalue weighted by atomic mass is 32.2. The quantitative estimate of drug-likeness (QED) is 0.858. The van der Waals surface area contributed by atoms with Crippen LogP contribution in [-0.2, 0) is 10.0 Å². The SMILES string of the molecule is CC[C@H](NS(=O)(=O)c1cc(C)c(OC)cc1C)c1ccc(C)cc1. The highest BCUT2D eigenvalue weighted by Crippen LogP contribution is 2.27. The number of benzene rings is 2. The zero-order valence-electron chi connectivity index (χ0n) is 14.9. The molecule has 2 aromatic rings. The smallest absolute Gasteiger partial charge is 0.241 e. The van der Waals surface area contributed by atoms with Gasteiger partial charge in [-0.2, -0.15) is 0 Å². The molecule has 1 N–H and O–H groups in total. The van der Waals surface area contributed by atoms with Crippen molar-refractivity contribution in [1.29, 1.82) is 0 Å². The van der Waals surface area contributed by atoms with E-state index in [-0.39, 0.29) is 6.04 Å². The lowest BCUT2D eigenvalue weighted by atomic mass is 10.0. The van der Waals surface area contributed by atoms with Crippen LogP contribution in [0.3, 0.4) is 0 Å². The number of rotatable bonds is 6. The van der Waals surface area contributed by atoms with Crippen LogP contribution in [0.25, 0.3) is 0 Å². The normalized spacial score (nSPS) is 12.9. The summed E-state index contributed by atoms with van der Waals surface area (Å²) in [5.41, 5.74) is 3.59. The summed E-state index contributed by atoms with van der Waals surface area (Å²) in [6, 6.07) is 11.1. The molecule has 5 heteroatoms. The predicted molar refractivity (Wildman–Crippen MR) is 97.0 cm³/mol. The molecule has 0 saturated carbocycles. The van der Waals surface area contributed by atoms with Crippen molar-refractivity contribution in [1.82, 2.24) is 4.72 Å². The molecule has 0 aromatic heterocycles. The third kappa shape index (κ3) is 3.97. The number of methoxy groups -OCH3 is 1. The molecule has 0 radical (unpaired) electrons. The molecule has 2 rings (SSSR count). The number of ether oxygens (including phenoxy) is 1. The number of nitrogens with one attached hydrogen (secondary N) is 1. The van der Waals surface area contributed by atoms with Crippen molar-refractivity contribution < 1.29 is 13.2 Å². The van der Waals surface area contributed by atoms with Crippen molar-refractivity contribution in [2.45, 2.75) is 45.1 Å². The van der Waals surface area contributed by atoms with Crippen LogP contribution in [0.1, 0.15) is 41.6 Å². The maximum Gasteiger partial charge on any atom is 0.241 e. The van der Waals surface area contributed by atoms with E-state index in [0.717, 1.165) is 16.7 Å². The first kappa shape index (κ1) is 18.5. The minimum Gasteiger partial charge on any atom is -0.496 e. The maximum absolute atomic E-state index is 12.9. The Morgan fingerprint density at radius 3 is 2.21 bits per heavy atom. The summed E-state index contributed by atoms with van der Waals surface area (Å²) in [6.07, 6.45) is 0.677. The second-order valence-electron chi connectivity index (χ2n) is 6.08. The first-order valence-electron chi connectivity index (χ1n) is 8.02. The zero-order chi connectivity index (χ0) is 17.9. The minimum absolute atomic E-state index is 0.252. The van der Waals surface area contributed by atoms with Crippen LogP contribution in [0.4, 0.5) is 0 Å². The molecule has 0 aliphatic heterocycles. The van der Waals surface area contributed by atoms with Gasteiger partial charge in [0, 0.05) is 6.04 Å². The highest BCUT2D eigenvalue weighted by Gasteiger charge is 2.23. The van der Waals surface area contributed by atoms with E-state index < -0.39 is 10.0 Å². The fourth-order valence-electron chi connectivity index (χ4n) is 2.71. The molecule has 24 heavy (non-hydrogen) atoms. The Labute approximate surface area is 144 Å².